The van der Waals surface area contributed by atoms with Crippen molar-refractivity contribution in [3.8, 4) is 11.5 Å². The zero-order valence-corrected chi connectivity index (χ0v) is 9.87. The largest absolute Gasteiger partial charge is 0.486 e. The van der Waals surface area contributed by atoms with Crippen molar-refractivity contribution in [1.82, 2.24) is 9.59 Å². The van der Waals surface area contributed by atoms with Gasteiger partial charge in [0.2, 0.25) is 0 Å². The van der Waals surface area contributed by atoms with Gasteiger partial charge in [0.05, 0.1) is 12.2 Å². The van der Waals surface area contributed by atoms with Crippen molar-refractivity contribution in [1.29, 1.82) is 0 Å². The van der Waals surface area contributed by atoms with E-state index in [0.717, 1.165) is 22.9 Å². The summed E-state index contributed by atoms with van der Waals surface area (Å²) >= 11 is 1.35. The molecule has 3 rings (SSSR count). The molecule has 1 aromatic heterocycles. The first kappa shape index (κ1) is 10.3. The summed E-state index contributed by atoms with van der Waals surface area (Å²) in [5.41, 5.74) is 1.92. The van der Waals surface area contributed by atoms with Crippen molar-refractivity contribution in [2.45, 2.75) is 6.54 Å². The maximum absolute atomic E-state index is 5.51. The van der Waals surface area contributed by atoms with Crippen molar-refractivity contribution < 1.29 is 9.47 Å². The summed E-state index contributed by atoms with van der Waals surface area (Å²) in [7, 11) is 0. The lowest BCUT2D eigenvalue weighted by Gasteiger charge is -2.19. The van der Waals surface area contributed by atoms with E-state index < -0.39 is 0 Å². The molecule has 0 atom stereocenters. The standard InChI is InChI=1S/C11H11N3O2S/c1-2-10-11(16-4-3-15-10)5-8(1)12-6-9-7-17-14-13-9/h1-2,5,7,12H,3-4,6H2. The van der Waals surface area contributed by atoms with E-state index in [-0.39, 0.29) is 0 Å². The fourth-order valence-electron chi connectivity index (χ4n) is 1.61. The van der Waals surface area contributed by atoms with Gasteiger partial charge >= 0.3 is 0 Å². The highest BCUT2D eigenvalue weighted by Crippen LogP contribution is 2.32. The van der Waals surface area contributed by atoms with Crippen LogP contribution in [0.2, 0.25) is 0 Å². The van der Waals surface area contributed by atoms with Crippen molar-refractivity contribution in [2.24, 2.45) is 0 Å². The van der Waals surface area contributed by atoms with E-state index >= 15 is 0 Å². The van der Waals surface area contributed by atoms with Crippen molar-refractivity contribution >= 4 is 17.2 Å². The van der Waals surface area contributed by atoms with Crippen LogP contribution in [0.4, 0.5) is 5.69 Å². The Balaban J connectivity index is 1.71. The van der Waals surface area contributed by atoms with Crippen LogP contribution in [0.25, 0.3) is 0 Å². The van der Waals surface area contributed by atoms with E-state index in [1.54, 1.807) is 0 Å². The Labute approximate surface area is 103 Å². The van der Waals surface area contributed by atoms with Crippen LogP contribution >= 0.6 is 11.5 Å². The molecule has 5 nitrogen and oxygen atoms in total. The average Bonchev–Trinajstić information content (AvgIpc) is 2.89. The third-order valence-corrected chi connectivity index (χ3v) is 2.97. The quantitative estimate of drug-likeness (QED) is 0.900. The second-order valence-electron chi connectivity index (χ2n) is 3.61. The fraction of sp³-hybridized carbons (Fsp3) is 0.273. The first-order chi connectivity index (χ1) is 8.42. The molecule has 0 saturated heterocycles. The minimum Gasteiger partial charge on any atom is -0.486 e. The summed E-state index contributed by atoms with van der Waals surface area (Å²) < 4.78 is 14.8. The highest BCUT2D eigenvalue weighted by Gasteiger charge is 2.11. The summed E-state index contributed by atoms with van der Waals surface area (Å²) in [6, 6.07) is 5.82. The zero-order valence-electron chi connectivity index (χ0n) is 9.05. The Hall–Kier alpha value is -1.82. The number of benzene rings is 1. The number of hydrogen-bond acceptors (Lipinski definition) is 6. The molecule has 1 aromatic carbocycles. The minimum absolute atomic E-state index is 0.604. The van der Waals surface area contributed by atoms with Gasteiger partial charge in [-0.3, -0.25) is 0 Å². The Morgan fingerprint density at radius 1 is 1.24 bits per heavy atom. The molecule has 0 unspecified atom stereocenters. The average molecular weight is 249 g/mol. The van der Waals surface area contributed by atoms with E-state index in [1.165, 1.54) is 11.5 Å². The Morgan fingerprint density at radius 3 is 2.94 bits per heavy atom. The molecule has 2 heterocycles. The molecule has 0 spiro atoms. The number of hydrogen-bond donors (Lipinski definition) is 1. The summed E-state index contributed by atoms with van der Waals surface area (Å²) in [5.74, 6) is 1.59. The molecular weight excluding hydrogens is 238 g/mol. The zero-order chi connectivity index (χ0) is 11.5. The highest BCUT2D eigenvalue weighted by molar-refractivity contribution is 7.03. The lowest BCUT2D eigenvalue weighted by atomic mass is 10.2. The number of aromatic nitrogens is 2. The molecule has 0 radical (unpaired) electrons. The minimum atomic E-state index is 0.604. The summed E-state index contributed by atoms with van der Waals surface area (Å²) in [4.78, 5) is 0. The maximum Gasteiger partial charge on any atom is 0.163 e. The van der Waals surface area contributed by atoms with Crippen LogP contribution in [0, 0.1) is 0 Å². The summed E-state index contributed by atoms with van der Waals surface area (Å²) in [6.07, 6.45) is 0. The van der Waals surface area contributed by atoms with Gasteiger partial charge in [0.15, 0.2) is 11.5 Å². The van der Waals surface area contributed by atoms with E-state index in [4.69, 9.17) is 9.47 Å². The van der Waals surface area contributed by atoms with Crippen LogP contribution in [0.15, 0.2) is 23.6 Å². The van der Waals surface area contributed by atoms with E-state index in [0.29, 0.717) is 19.8 Å². The normalized spacial score (nSPS) is 13.4. The Bertz CT molecular complexity index is 501. The first-order valence-electron chi connectivity index (χ1n) is 5.31. The number of ether oxygens (including phenoxy) is 2. The van der Waals surface area contributed by atoms with Gasteiger partial charge in [-0.1, -0.05) is 4.49 Å². The summed E-state index contributed by atoms with van der Waals surface area (Å²) in [5, 5.41) is 9.16. The molecular formula is C11H11N3O2S. The van der Waals surface area contributed by atoms with Crippen LogP contribution in [0.3, 0.4) is 0 Å². The van der Waals surface area contributed by atoms with Crippen LogP contribution in [0.1, 0.15) is 5.69 Å². The molecule has 6 heteroatoms. The van der Waals surface area contributed by atoms with E-state index in [1.807, 2.05) is 23.6 Å². The van der Waals surface area contributed by atoms with Gasteiger partial charge in [-0.05, 0) is 23.7 Å². The second-order valence-corrected chi connectivity index (χ2v) is 4.22. The third kappa shape index (κ3) is 2.31. The predicted molar refractivity (Wildman–Crippen MR) is 64.7 cm³/mol. The lowest BCUT2D eigenvalue weighted by molar-refractivity contribution is 0.171. The van der Waals surface area contributed by atoms with Crippen molar-refractivity contribution in [3.05, 3.63) is 29.3 Å². The number of anilines is 1. The molecule has 0 aliphatic carbocycles. The van der Waals surface area contributed by atoms with Gasteiger partial charge in [0, 0.05) is 17.1 Å². The van der Waals surface area contributed by atoms with Gasteiger partial charge in [-0.15, -0.1) is 5.10 Å². The van der Waals surface area contributed by atoms with Gasteiger partial charge in [-0.25, -0.2) is 0 Å². The van der Waals surface area contributed by atoms with Crippen LogP contribution in [-0.2, 0) is 6.54 Å². The van der Waals surface area contributed by atoms with Gasteiger partial charge in [-0.2, -0.15) is 0 Å². The predicted octanol–water partition coefficient (Wildman–Crippen LogP) is 1.92. The number of fused-ring (bicyclic) bond motifs is 1. The number of nitrogens with one attached hydrogen (secondary N) is 1. The molecule has 1 N–H and O–H groups in total. The highest BCUT2D eigenvalue weighted by atomic mass is 32.1. The Morgan fingerprint density at radius 2 is 2.12 bits per heavy atom. The maximum atomic E-state index is 5.51. The van der Waals surface area contributed by atoms with Crippen molar-refractivity contribution in [2.75, 3.05) is 18.5 Å². The molecule has 2 aromatic rings. The van der Waals surface area contributed by atoms with Gasteiger partial charge < -0.3 is 14.8 Å². The topological polar surface area (TPSA) is 56.3 Å². The smallest absolute Gasteiger partial charge is 0.163 e. The molecule has 0 fully saturated rings. The number of rotatable bonds is 3. The molecule has 1 aliphatic rings. The lowest BCUT2D eigenvalue weighted by Crippen LogP contribution is -2.15. The monoisotopic (exact) mass is 249 g/mol. The SMILES string of the molecule is c1cc2c(cc1NCc1csnn1)OCCO2. The summed E-state index contributed by atoms with van der Waals surface area (Å²) in [6.45, 7) is 1.88. The second kappa shape index (κ2) is 4.58. The molecule has 0 bridgehead atoms. The van der Waals surface area contributed by atoms with Crippen LogP contribution < -0.4 is 14.8 Å². The molecule has 1 aliphatic heterocycles. The number of nitrogens with zero attached hydrogens (tertiary/aromatic N) is 2. The molecule has 0 amide bonds. The van der Waals surface area contributed by atoms with E-state index in [9.17, 15) is 0 Å². The van der Waals surface area contributed by atoms with E-state index in [2.05, 4.69) is 14.9 Å². The molecule has 0 saturated carbocycles. The van der Waals surface area contributed by atoms with Crippen molar-refractivity contribution in [3.63, 3.8) is 0 Å². The fourth-order valence-corrected chi connectivity index (χ4v) is 2.06. The van der Waals surface area contributed by atoms with Crippen LogP contribution in [-0.4, -0.2) is 22.8 Å². The van der Waals surface area contributed by atoms with Crippen LogP contribution in [0.5, 0.6) is 11.5 Å². The molecule has 88 valence electrons. The molecule has 17 heavy (non-hydrogen) atoms. The Kier molecular flexibility index (Phi) is 2.79. The first-order valence-corrected chi connectivity index (χ1v) is 6.15. The third-order valence-electron chi connectivity index (χ3n) is 2.42. The van der Waals surface area contributed by atoms with Gasteiger partial charge in [0.1, 0.15) is 13.2 Å². The van der Waals surface area contributed by atoms with Gasteiger partial charge in [0.25, 0.3) is 0 Å².